The van der Waals surface area contributed by atoms with Crippen LogP contribution in [0.25, 0.3) is 0 Å². The molecule has 0 unspecified atom stereocenters. The molecule has 0 radical (unpaired) electrons. The first-order valence-electron chi connectivity index (χ1n) is 11.7. The van der Waals surface area contributed by atoms with Crippen molar-refractivity contribution >= 4 is 38.4 Å². The van der Waals surface area contributed by atoms with Crippen LogP contribution in [-0.2, 0) is 12.8 Å². The van der Waals surface area contributed by atoms with Gasteiger partial charge in [-0.3, -0.25) is 0 Å². The summed E-state index contributed by atoms with van der Waals surface area (Å²) in [7, 11) is 0. The van der Waals surface area contributed by atoms with Crippen molar-refractivity contribution in [2.45, 2.75) is 104 Å². The molecular formula is C26H40Se2. The molecule has 1 aromatic carbocycles. The second-order valence-corrected chi connectivity index (χ2v) is 12.9. The minimum absolute atomic E-state index is 0.503. The zero-order chi connectivity index (χ0) is 19.9. The van der Waals surface area contributed by atoms with Gasteiger partial charge < -0.3 is 0 Å². The summed E-state index contributed by atoms with van der Waals surface area (Å²) in [5.41, 5.74) is 0. The molecule has 1 heterocycles. The summed E-state index contributed by atoms with van der Waals surface area (Å²) in [6.07, 6.45) is 19.7. The summed E-state index contributed by atoms with van der Waals surface area (Å²) in [6.45, 7) is 4.61. The molecule has 0 atom stereocenters. The monoisotopic (exact) mass is 512 g/mol. The van der Waals surface area contributed by atoms with E-state index in [2.05, 4.69) is 50.2 Å². The number of hydrogen-bond acceptors (Lipinski definition) is 0. The topological polar surface area (TPSA) is 0 Å². The average molecular weight is 511 g/mol. The Balaban J connectivity index is 1.86. The Morgan fingerprint density at radius 1 is 0.679 bits per heavy atom. The Kier molecular flexibility index (Phi) is 13.3. The van der Waals surface area contributed by atoms with Gasteiger partial charge >= 0.3 is 187 Å². The van der Waals surface area contributed by atoms with Gasteiger partial charge in [0.15, 0.2) is 0 Å². The molecule has 2 heteroatoms. The van der Waals surface area contributed by atoms with Gasteiger partial charge in [0.2, 0.25) is 0 Å². The molecule has 2 aromatic rings. The molecule has 2 rings (SSSR count). The molecule has 0 spiro atoms. The summed E-state index contributed by atoms with van der Waals surface area (Å²) in [6, 6.07) is 13.8. The zero-order valence-corrected chi connectivity index (χ0v) is 21.6. The second-order valence-electron chi connectivity index (χ2n) is 7.95. The van der Waals surface area contributed by atoms with E-state index in [4.69, 9.17) is 0 Å². The summed E-state index contributed by atoms with van der Waals surface area (Å²) >= 11 is 1.15. The molecule has 0 N–H and O–H groups in total. The van der Waals surface area contributed by atoms with Crippen LogP contribution in [0.3, 0.4) is 0 Å². The van der Waals surface area contributed by atoms with Gasteiger partial charge in [0.25, 0.3) is 0 Å². The Hall–Kier alpha value is -0.261. The van der Waals surface area contributed by atoms with E-state index in [1.165, 1.54) is 89.9 Å². The fourth-order valence-corrected chi connectivity index (χ4v) is 9.32. The van der Waals surface area contributed by atoms with E-state index in [1.54, 1.807) is 13.4 Å². The predicted molar refractivity (Wildman–Crippen MR) is 129 cm³/mol. The van der Waals surface area contributed by atoms with Crippen molar-refractivity contribution in [2.75, 3.05) is 0 Å². The van der Waals surface area contributed by atoms with E-state index in [9.17, 15) is 0 Å². The molecule has 0 aliphatic rings. The van der Waals surface area contributed by atoms with E-state index in [0.717, 1.165) is 0 Å². The molecule has 0 nitrogen and oxygen atoms in total. The number of benzene rings is 1. The van der Waals surface area contributed by atoms with Gasteiger partial charge in [-0.15, -0.1) is 0 Å². The molecular weight excluding hydrogens is 470 g/mol. The Morgan fingerprint density at radius 2 is 1.25 bits per heavy atom. The molecule has 28 heavy (non-hydrogen) atoms. The third-order valence-electron chi connectivity index (χ3n) is 5.33. The van der Waals surface area contributed by atoms with Crippen LogP contribution in [0.5, 0.6) is 0 Å². The third kappa shape index (κ3) is 9.98. The molecule has 0 bridgehead atoms. The number of unbranched alkanes of at least 4 members (excludes halogenated alkanes) is 10. The standard InChI is InChI=1S/C26H40Se2/c1-3-5-7-9-11-14-20-24-22-26(27-23-18-15-13-16-19-23)25(28-24)21-17-12-10-8-6-4-2/h13,15-16,18-19,22H,3-12,14,17,20-21H2,1-2H3. The van der Waals surface area contributed by atoms with Gasteiger partial charge in [0.05, 0.1) is 0 Å². The van der Waals surface area contributed by atoms with Crippen molar-refractivity contribution in [3.05, 3.63) is 45.3 Å². The van der Waals surface area contributed by atoms with Crippen molar-refractivity contribution in [1.82, 2.24) is 0 Å². The van der Waals surface area contributed by atoms with Gasteiger partial charge in [-0.25, -0.2) is 0 Å². The summed E-state index contributed by atoms with van der Waals surface area (Å²) < 4.78 is 6.90. The first-order chi connectivity index (χ1) is 13.8. The first-order valence-corrected chi connectivity index (χ1v) is 15.1. The Bertz CT molecular complexity index is 615. The molecule has 156 valence electrons. The van der Waals surface area contributed by atoms with E-state index in [-0.39, 0.29) is 0 Å². The normalized spacial score (nSPS) is 11.2. The van der Waals surface area contributed by atoms with Crippen molar-refractivity contribution in [2.24, 2.45) is 0 Å². The van der Waals surface area contributed by atoms with Crippen LogP contribution in [0, 0.1) is 0 Å². The van der Waals surface area contributed by atoms with Gasteiger partial charge in [-0.05, 0) is 0 Å². The number of hydrogen-bond donors (Lipinski definition) is 0. The van der Waals surface area contributed by atoms with E-state index >= 15 is 0 Å². The van der Waals surface area contributed by atoms with Gasteiger partial charge in [-0.2, -0.15) is 0 Å². The second kappa shape index (κ2) is 15.6. The molecule has 0 fully saturated rings. The van der Waals surface area contributed by atoms with Gasteiger partial charge in [-0.1, -0.05) is 0 Å². The minimum atomic E-state index is 0.503. The Labute approximate surface area is 186 Å². The van der Waals surface area contributed by atoms with Gasteiger partial charge in [0.1, 0.15) is 0 Å². The van der Waals surface area contributed by atoms with Crippen LogP contribution < -0.4 is 8.92 Å². The van der Waals surface area contributed by atoms with Gasteiger partial charge in [0, 0.05) is 0 Å². The van der Waals surface area contributed by atoms with E-state index < -0.39 is 0 Å². The maximum atomic E-state index is 2.63. The SMILES string of the molecule is CCCCCCCCc1cc([Se]c2ccccc2)c(CCCCCCCC)[se]1. The van der Waals surface area contributed by atoms with Crippen LogP contribution in [0.4, 0.5) is 0 Å². The molecule has 0 aliphatic carbocycles. The van der Waals surface area contributed by atoms with Crippen LogP contribution in [-0.4, -0.2) is 29.5 Å². The quantitative estimate of drug-likeness (QED) is 0.186. The van der Waals surface area contributed by atoms with Crippen molar-refractivity contribution in [3.8, 4) is 0 Å². The molecule has 0 saturated carbocycles. The molecule has 0 saturated heterocycles. The van der Waals surface area contributed by atoms with Crippen LogP contribution in [0.15, 0.2) is 36.4 Å². The van der Waals surface area contributed by atoms with E-state index in [1.807, 2.05) is 4.44 Å². The van der Waals surface area contributed by atoms with Crippen LogP contribution >= 0.6 is 0 Å². The molecule has 0 amide bonds. The number of rotatable bonds is 16. The van der Waals surface area contributed by atoms with E-state index in [0.29, 0.717) is 29.5 Å². The summed E-state index contributed by atoms with van der Waals surface area (Å²) in [5.74, 6) is 0. The number of aryl methyl sites for hydroxylation is 2. The van der Waals surface area contributed by atoms with Crippen molar-refractivity contribution < 1.29 is 0 Å². The fraction of sp³-hybridized carbons (Fsp3) is 0.615. The Morgan fingerprint density at radius 3 is 1.89 bits per heavy atom. The summed E-state index contributed by atoms with van der Waals surface area (Å²) in [4.78, 5) is 0. The fourth-order valence-electron chi connectivity index (χ4n) is 3.61. The third-order valence-corrected chi connectivity index (χ3v) is 10.9. The predicted octanol–water partition coefficient (Wildman–Crippen LogP) is 6.20. The zero-order valence-electron chi connectivity index (χ0n) is 18.2. The first kappa shape index (κ1) is 24.0. The molecule has 0 aliphatic heterocycles. The average Bonchev–Trinajstić information content (AvgIpc) is 3.09. The van der Waals surface area contributed by atoms with Crippen molar-refractivity contribution in [3.63, 3.8) is 0 Å². The van der Waals surface area contributed by atoms with Crippen LogP contribution in [0.1, 0.15) is 99.8 Å². The molecule has 1 aromatic heterocycles. The summed E-state index contributed by atoms with van der Waals surface area (Å²) in [5, 5.41) is 0. The van der Waals surface area contributed by atoms with Crippen molar-refractivity contribution in [1.29, 1.82) is 0 Å². The van der Waals surface area contributed by atoms with Crippen LogP contribution in [0.2, 0.25) is 0 Å². The maximum absolute atomic E-state index is 2.63.